The summed E-state index contributed by atoms with van der Waals surface area (Å²) in [6, 6.07) is 0. The average molecular weight is 344 g/mol. The topological polar surface area (TPSA) is 82.7 Å². The molecule has 19 heavy (non-hydrogen) atoms. The van der Waals surface area contributed by atoms with Crippen LogP contribution in [0.4, 0.5) is 11.8 Å². The van der Waals surface area contributed by atoms with Gasteiger partial charge in [-0.25, -0.2) is 4.98 Å². The van der Waals surface area contributed by atoms with Gasteiger partial charge in [0.05, 0.1) is 11.0 Å². The molecule has 0 spiro atoms. The summed E-state index contributed by atoms with van der Waals surface area (Å²) in [7, 11) is 0. The fourth-order valence-corrected chi connectivity index (χ4v) is 2.31. The van der Waals surface area contributed by atoms with Crippen molar-refractivity contribution < 1.29 is 0 Å². The normalized spacial score (nSPS) is 10.4. The number of aromatic nitrogens is 3. The Bertz CT molecular complexity index is 597. The Labute approximate surface area is 122 Å². The summed E-state index contributed by atoms with van der Waals surface area (Å²) >= 11 is 4.54. The molecule has 0 bridgehead atoms. The summed E-state index contributed by atoms with van der Waals surface area (Å²) in [5.41, 5.74) is 0.837. The molecular formula is C11H14BrN5OS. The smallest absolute Gasteiger partial charge is 0.304 e. The van der Waals surface area contributed by atoms with E-state index in [9.17, 15) is 4.79 Å². The molecule has 3 N–H and O–H groups in total. The maximum atomic E-state index is 11.0. The van der Waals surface area contributed by atoms with Gasteiger partial charge in [-0.3, -0.25) is 4.79 Å². The predicted molar refractivity (Wildman–Crippen MR) is 80.8 cm³/mol. The summed E-state index contributed by atoms with van der Waals surface area (Å²) in [4.78, 5) is 22.3. The molecule has 102 valence electrons. The summed E-state index contributed by atoms with van der Waals surface area (Å²) in [5.74, 6) is 1.28. The molecule has 0 saturated carbocycles. The number of hydrogen-bond donors (Lipinski definition) is 3. The largest absolute Gasteiger partial charge is 0.363 e. The molecule has 0 radical (unpaired) electrons. The Morgan fingerprint density at radius 1 is 1.47 bits per heavy atom. The summed E-state index contributed by atoms with van der Waals surface area (Å²) in [6.45, 7) is 3.43. The second-order valence-electron chi connectivity index (χ2n) is 3.84. The van der Waals surface area contributed by atoms with Crippen LogP contribution in [-0.2, 0) is 6.54 Å². The second-order valence-corrected chi connectivity index (χ2v) is 5.54. The highest BCUT2D eigenvalue weighted by molar-refractivity contribution is 9.10. The molecule has 0 aliphatic rings. The number of aromatic amines is 1. The number of nitrogens with one attached hydrogen (secondary N) is 3. The molecule has 0 aliphatic carbocycles. The van der Waals surface area contributed by atoms with Crippen LogP contribution in [0.25, 0.3) is 0 Å². The monoisotopic (exact) mass is 343 g/mol. The van der Waals surface area contributed by atoms with Crippen molar-refractivity contribution in [2.24, 2.45) is 0 Å². The second kappa shape index (κ2) is 6.67. The van der Waals surface area contributed by atoms with Crippen LogP contribution in [0.5, 0.6) is 0 Å². The van der Waals surface area contributed by atoms with Crippen LogP contribution in [0.2, 0.25) is 0 Å². The Hall–Kier alpha value is -1.41. The van der Waals surface area contributed by atoms with E-state index in [-0.39, 0.29) is 4.87 Å². The van der Waals surface area contributed by atoms with E-state index in [0.717, 1.165) is 34.5 Å². The van der Waals surface area contributed by atoms with Crippen molar-refractivity contribution in [1.82, 2.24) is 15.0 Å². The lowest BCUT2D eigenvalue weighted by molar-refractivity contribution is 0.946. The minimum Gasteiger partial charge on any atom is -0.363 e. The molecule has 0 unspecified atom stereocenters. The van der Waals surface area contributed by atoms with Gasteiger partial charge in [0.25, 0.3) is 0 Å². The Morgan fingerprint density at radius 3 is 3.00 bits per heavy atom. The van der Waals surface area contributed by atoms with Gasteiger partial charge < -0.3 is 15.6 Å². The zero-order chi connectivity index (χ0) is 13.7. The fourth-order valence-electron chi connectivity index (χ4n) is 1.39. The molecule has 0 amide bonds. The van der Waals surface area contributed by atoms with E-state index >= 15 is 0 Å². The Morgan fingerprint density at radius 2 is 2.32 bits per heavy atom. The highest BCUT2D eigenvalue weighted by Gasteiger charge is 2.05. The van der Waals surface area contributed by atoms with Crippen molar-refractivity contribution in [3.63, 3.8) is 0 Å². The van der Waals surface area contributed by atoms with Crippen molar-refractivity contribution in [1.29, 1.82) is 0 Å². The summed E-state index contributed by atoms with van der Waals surface area (Å²) in [6.07, 6.45) is 2.71. The van der Waals surface area contributed by atoms with Gasteiger partial charge in [-0.2, -0.15) is 4.98 Å². The number of halogens is 1. The molecular weight excluding hydrogens is 330 g/mol. The van der Waals surface area contributed by atoms with E-state index in [2.05, 4.69) is 48.4 Å². The van der Waals surface area contributed by atoms with Crippen molar-refractivity contribution in [3.05, 3.63) is 31.4 Å². The zero-order valence-corrected chi connectivity index (χ0v) is 12.8. The number of thiazole rings is 1. The molecule has 0 atom stereocenters. The van der Waals surface area contributed by atoms with Crippen LogP contribution in [-0.4, -0.2) is 21.5 Å². The van der Waals surface area contributed by atoms with E-state index in [4.69, 9.17) is 0 Å². The van der Waals surface area contributed by atoms with E-state index in [0.29, 0.717) is 18.3 Å². The number of rotatable bonds is 6. The SMILES string of the molecule is CCCNc1ncc(Br)c(NCc2csc(=O)[nH]2)n1. The molecule has 6 nitrogen and oxygen atoms in total. The Kier molecular flexibility index (Phi) is 4.92. The maximum Gasteiger partial charge on any atom is 0.304 e. The summed E-state index contributed by atoms with van der Waals surface area (Å²) < 4.78 is 0.784. The van der Waals surface area contributed by atoms with Crippen LogP contribution in [0.15, 0.2) is 20.8 Å². The highest BCUT2D eigenvalue weighted by Crippen LogP contribution is 2.20. The molecule has 2 aromatic rings. The van der Waals surface area contributed by atoms with Gasteiger partial charge in [0.1, 0.15) is 5.82 Å². The van der Waals surface area contributed by atoms with E-state index in [1.54, 1.807) is 11.6 Å². The van der Waals surface area contributed by atoms with E-state index < -0.39 is 0 Å². The highest BCUT2D eigenvalue weighted by atomic mass is 79.9. The van der Waals surface area contributed by atoms with Crippen molar-refractivity contribution in [3.8, 4) is 0 Å². The lowest BCUT2D eigenvalue weighted by Gasteiger charge is -2.09. The third-order valence-electron chi connectivity index (χ3n) is 2.29. The minimum absolute atomic E-state index is 0.0520. The zero-order valence-electron chi connectivity index (χ0n) is 10.4. The molecule has 8 heteroatoms. The van der Waals surface area contributed by atoms with Crippen molar-refractivity contribution in [2.75, 3.05) is 17.2 Å². The van der Waals surface area contributed by atoms with Crippen LogP contribution >= 0.6 is 27.3 Å². The number of H-pyrrole nitrogens is 1. The van der Waals surface area contributed by atoms with Gasteiger partial charge in [-0.15, -0.1) is 0 Å². The van der Waals surface area contributed by atoms with E-state index in [1.807, 2.05) is 0 Å². The van der Waals surface area contributed by atoms with Crippen molar-refractivity contribution >= 4 is 39.0 Å². The lowest BCUT2D eigenvalue weighted by Crippen LogP contribution is -2.08. The first-order chi connectivity index (χ1) is 9.19. The summed E-state index contributed by atoms with van der Waals surface area (Å²) in [5, 5.41) is 8.08. The Balaban J connectivity index is 2.04. The minimum atomic E-state index is -0.0520. The molecule has 2 heterocycles. The predicted octanol–water partition coefficient (Wildman–Crippen LogP) is 2.42. The lowest BCUT2D eigenvalue weighted by atomic mass is 10.4. The van der Waals surface area contributed by atoms with Crippen LogP contribution in [0, 0.1) is 0 Å². The molecule has 2 aromatic heterocycles. The first-order valence-electron chi connectivity index (χ1n) is 5.86. The van der Waals surface area contributed by atoms with Gasteiger partial charge in [0.15, 0.2) is 0 Å². The van der Waals surface area contributed by atoms with E-state index in [1.165, 1.54) is 0 Å². The number of hydrogen-bond acceptors (Lipinski definition) is 6. The van der Waals surface area contributed by atoms with Gasteiger partial charge >= 0.3 is 4.87 Å². The van der Waals surface area contributed by atoms with Gasteiger partial charge in [-0.1, -0.05) is 18.3 Å². The van der Waals surface area contributed by atoms with Gasteiger partial charge in [-0.05, 0) is 22.4 Å². The standard InChI is InChI=1S/C11H14BrN5OS/c1-2-3-13-10-15-5-8(12)9(17-10)14-4-7-6-19-11(18)16-7/h5-6H,2-4H2,1H3,(H,16,18)(H2,13,14,15,17). The molecule has 0 aromatic carbocycles. The molecule has 0 saturated heterocycles. The third-order valence-corrected chi connectivity index (χ3v) is 3.59. The van der Waals surface area contributed by atoms with Crippen LogP contribution in [0.1, 0.15) is 19.0 Å². The molecule has 2 rings (SSSR count). The first kappa shape index (κ1) is 14.0. The molecule has 0 fully saturated rings. The van der Waals surface area contributed by atoms with Crippen LogP contribution in [0.3, 0.4) is 0 Å². The van der Waals surface area contributed by atoms with Gasteiger partial charge in [0, 0.05) is 23.8 Å². The fraction of sp³-hybridized carbons (Fsp3) is 0.364. The number of anilines is 2. The first-order valence-corrected chi connectivity index (χ1v) is 7.53. The maximum absolute atomic E-state index is 11.0. The third kappa shape index (κ3) is 4.03. The van der Waals surface area contributed by atoms with Gasteiger partial charge in [0.2, 0.25) is 5.95 Å². The molecule has 0 aliphatic heterocycles. The number of nitrogens with zero attached hydrogens (tertiary/aromatic N) is 2. The average Bonchev–Trinajstić information content (AvgIpc) is 2.82. The quantitative estimate of drug-likeness (QED) is 0.750. The van der Waals surface area contributed by atoms with Crippen LogP contribution < -0.4 is 15.5 Å². The van der Waals surface area contributed by atoms with Crippen molar-refractivity contribution in [2.45, 2.75) is 19.9 Å².